The second kappa shape index (κ2) is 10.1. The molecule has 6 nitrogen and oxygen atoms in total. The fourth-order valence-corrected chi connectivity index (χ4v) is 5.14. The minimum absolute atomic E-state index is 0.261. The Labute approximate surface area is 184 Å². The maximum Gasteiger partial charge on any atom is 0.244 e. The minimum atomic E-state index is -3.74. The molecular formula is C23H30FN3O3S. The minimum Gasteiger partial charge on any atom is -0.372 e. The van der Waals surface area contributed by atoms with Crippen molar-refractivity contribution in [2.45, 2.75) is 45.2 Å². The van der Waals surface area contributed by atoms with Gasteiger partial charge >= 0.3 is 0 Å². The van der Waals surface area contributed by atoms with E-state index in [-0.39, 0.29) is 12.1 Å². The predicted molar refractivity (Wildman–Crippen MR) is 122 cm³/mol. The lowest BCUT2D eigenvalue weighted by molar-refractivity contribution is -0.122. The maximum absolute atomic E-state index is 13.3. The van der Waals surface area contributed by atoms with Gasteiger partial charge < -0.3 is 10.2 Å². The number of benzene rings is 2. The Morgan fingerprint density at radius 1 is 1.06 bits per heavy atom. The van der Waals surface area contributed by atoms with E-state index in [9.17, 15) is 17.6 Å². The van der Waals surface area contributed by atoms with Crippen molar-refractivity contribution in [2.24, 2.45) is 0 Å². The Morgan fingerprint density at radius 2 is 1.68 bits per heavy atom. The molecule has 0 radical (unpaired) electrons. The van der Waals surface area contributed by atoms with Crippen LogP contribution in [0.1, 0.15) is 38.2 Å². The third-order valence-electron chi connectivity index (χ3n) is 5.54. The lowest BCUT2D eigenvalue weighted by Crippen LogP contribution is -2.49. The van der Waals surface area contributed by atoms with Gasteiger partial charge in [-0.1, -0.05) is 19.1 Å². The van der Waals surface area contributed by atoms with Gasteiger partial charge in [0.15, 0.2) is 0 Å². The fraction of sp³-hybridized carbons (Fsp3) is 0.435. The topological polar surface area (TPSA) is 69.7 Å². The molecular weight excluding hydrogens is 417 g/mol. The lowest BCUT2D eigenvalue weighted by atomic mass is 10.1. The highest BCUT2D eigenvalue weighted by molar-refractivity contribution is 7.92. The molecule has 2 aromatic carbocycles. The number of piperidine rings is 1. The summed E-state index contributed by atoms with van der Waals surface area (Å²) in [6, 6.07) is 12.3. The Morgan fingerprint density at radius 3 is 2.23 bits per heavy atom. The molecule has 1 amide bonds. The van der Waals surface area contributed by atoms with E-state index in [1.54, 1.807) is 6.92 Å². The van der Waals surface area contributed by atoms with E-state index >= 15 is 0 Å². The molecule has 0 aliphatic carbocycles. The van der Waals surface area contributed by atoms with Crippen LogP contribution < -0.4 is 14.5 Å². The van der Waals surface area contributed by atoms with Crippen LogP contribution in [0, 0.1) is 5.82 Å². The first-order valence-corrected chi connectivity index (χ1v) is 12.5. The summed E-state index contributed by atoms with van der Waals surface area (Å²) >= 11 is 0. The molecule has 2 aromatic rings. The molecule has 0 bridgehead atoms. The highest BCUT2D eigenvalue weighted by atomic mass is 32.2. The molecule has 1 aliphatic heterocycles. The van der Waals surface area contributed by atoms with Gasteiger partial charge in [0.1, 0.15) is 11.9 Å². The molecule has 3 rings (SSSR count). The van der Waals surface area contributed by atoms with Gasteiger partial charge in [0, 0.05) is 25.3 Å². The number of nitrogens with zero attached hydrogens (tertiary/aromatic N) is 2. The van der Waals surface area contributed by atoms with E-state index in [0.717, 1.165) is 29.2 Å². The van der Waals surface area contributed by atoms with Crippen molar-refractivity contribution in [3.05, 3.63) is 59.9 Å². The zero-order valence-corrected chi connectivity index (χ0v) is 18.9. The molecule has 1 N–H and O–H groups in total. The van der Waals surface area contributed by atoms with Crippen LogP contribution in [0.25, 0.3) is 0 Å². The van der Waals surface area contributed by atoms with Gasteiger partial charge in [0.25, 0.3) is 0 Å². The molecule has 0 spiro atoms. The molecule has 1 heterocycles. The van der Waals surface area contributed by atoms with Crippen LogP contribution in [0.3, 0.4) is 0 Å². The normalized spacial score (nSPS) is 15.4. The van der Waals surface area contributed by atoms with Crippen molar-refractivity contribution in [3.8, 4) is 0 Å². The van der Waals surface area contributed by atoms with Crippen LogP contribution in [0.15, 0.2) is 48.5 Å². The van der Waals surface area contributed by atoms with Gasteiger partial charge in [0.2, 0.25) is 15.9 Å². The third-order valence-corrected chi connectivity index (χ3v) is 6.72. The Hall–Kier alpha value is -2.61. The standard InChI is InChI=1S/C23H30FN3O3S/c1-3-22(27(31(2,29)30)21-13-9-19(24)10-14-21)23(28)25-17-18-7-11-20(12-8-18)26-15-5-4-6-16-26/h7-14,22H,3-6,15-17H2,1-2H3,(H,25,28)/t22-/m1/s1. The number of amides is 1. The zero-order valence-electron chi connectivity index (χ0n) is 18.1. The highest BCUT2D eigenvalue weighted by Gasteiger charge is 2.31. The van der Waals surface area contributed by atoms with E-state index in [0.29, 0.717) is 6.54 Å². The van der Waals surface area contributed by atoms with Crippen LogP contribution in [0.2, 0.25) is 0 Å². The summed E-state index contributed by atoms with van der Waals surface area (Å²) in [5, 5.41) is 2.85. The number of nitrogens with one attached hydrogen (secondary N) is 1. The van der Waals surface area contributed by atoms with Crippen LogP contribution in [-0.2, 0) is 21.4 Å². The highest BCUT2D eigenvalue weighted by Crippen LogP contribution is 2.23. The van der Waals surface area contributed by atoms with E-state index in [2.05, 4.69) is 22.3 Å². The first-order chi connectivity index (χ1) is 14.8. The maximum atomic E-state index is 13.3. The molecule has 168 valence electrons. The van der Waals surface area contributed by atoms with Crippen LogP contribution in [0.4, 0.5) is 15.8 Å². The average Bonchev–Trinajstić information content (AvgIpc) is 2.77. The third kappa shape index (κ3) is 5.97. The van der Waals surface area contributed by atoms with Crippen LogP contribution >= 0.6 is 0 Å². The first kappa shape index (κ1) is 23.1. The van der Waals surface area contributed by atoms with E-state index in [4.69, 9.17) is 0 Å². The molecule has 1 atom stereocenters. The number of carbonyl (C=O) groups excluding carboxylic acids is 1. The largest absolute Gasteiger partial charge is 0.372 e. The van der Waals surface area contributed by atoms with Crippen LogP contribution in [0.5, 0.6) is 0 Å². The van der Waals surface area contributed by atoms with E-state index < -0.39 is 27.8 Å². The monoisotopic (exact) mass is 447 g/mol. The molecule has 0 aromatic heterocycles. The molecule has 31 heavy (non-hydrogen) atoms. The molecule has 1 saturated heterocycles. The SMILES string of the molecule is CC[C@H](C(=O)NCc1ccc(N2CCCCC2)cc1)N(c1ccc(F)cc1)S(C)(=O)=O. The lowest BCUT2D eigenvalue weighted by Gasteiger charge is -2.30. The van der Waals surface area contributed by atoms with Gasteiger partial charge in [-0.3, -0.25) is 9.10 Å². The number of hydrogen-bond acceptors (Lipinski definition) is 4. The number of halogens is 1. The Bertz CT molecular complexity index is 972. The zero-order chi connectivity index (χ0) is 22.4. The number of carbonyl (C=O) groups is 1. The summed E-state index contributed by atoms with van der Waals surface area (Å²) in [7, 11) is -3.74. The average molecular weight is 448 g/mol. The Balaban J connectivity index is 1.68. The van der Waals surface area contributed by atoms with Gasteiger partial charge in [-0.05, 0) is 67.6 Å². The van der Waals surface area contributed by atoms with E-state index in [1.165, 1.54) is 49.2 Å². The number of sulfonamides is 1. The summed E-state index contributed by atoms with van der Waals surface area (Å²) in [5.74, 6) is -0.861. The summed E-state index contributed by atoms with van der Waals surface area (Å²) in [4.78, 5) is 15.3. The summed E-state index contributed by atoms with van der Waals surface area (Å²) in [5.41, 5.74) is 2.38. The summed E-state index contributed by atoms with van der Waals surface area (Å²) < 4.78 is 39.2. The smallest absolute Gasteiger partial charge is 0.244 e. The summed E-state index contributed by atoms with van der Waals surface area (Å²) in [6.07, 6.45) is 5.03. The second-order valence-electron chi connectivity index (χ2n) is 7.89. The molecule has 1 aliphatic rings. The van der Waals surface area contributed by atoms with Crippen molar-refractivity contribution >= 4 is 27.3 Å². The Kier molecular flexibility index (Phi) is 7.54. The van der Waals surface area contributed by atoms with E-state index in [1.807, 2.05) is 12.1 Å². The van der Waals surface area contributed by atoms with Crippen LogP contribution in [-0.4, -0.2) is 39.7 Å². The number of rotatable bonds is 8. The van der Waals surface area contributed by atoms with Gasteiger partial charge in [-0.2, -0.15) is 0 Å². The molecule has 0 unspecified atom stereocenters. The van der Waals surface area contributed by atoms with Gasteiger partial charge in [-0.15, -0.1) is 0 Å². The molecule has 8 heteroatoms. The quantitative estimate of drug-likeness (QED) is 0.670. The fourth-order valence-electron chi connectivity index (χ4n) is 3.93. The number of anilines is 2. The van der Waals surface area contributed by atoms with Gasteiger partial charge in [0.05, 0.1) is 11.9 Å². The van der Waals surface area contributed by atoms with Gasteiger partial charge in [-0.25, -0.2) is 12.8 Å². The second-order valence-corrected chi connectivity index (χ2v) is 9.75. The van der Waals surface area contributed by atoms with Crippen molar-refractivity contribution in [1.29, 1.82) is 0 Å². The van der Waals surface area contributed by atoms with Crippen molar-refractivity contribution in [3.63, 3.8) is 0 Å². The number of hydrogen-bond donors (Lipinski definition) is 1. The van der Waals surface area contributed by atoms with Crippen molar-refractivity contribution < 1.29 is 17.6 Å². The first-order valence-electron chi connectivity index (χ1n) is 10.7. The predicted octanol–water partition coefficient (Wildman–Crippen LogP) is 3.68. The molecule has 0 saturated carbocycles. The summed E-state index contributed by atoms with van der Waals surface area (Å²) in [6.45, 7) is 4.19. The van der Waals surface area contributed by atoms with Crippen molar-refractivity contribution in [2.75, 3.05) is 28.6 Å². The van der Waals surface area contributed by atoms with Crippen molar-refractivity contribution in [1.82, 2.24) is 5.32 Å². The molecule has 1 fully saturated rings.